The molecular formula is C17H24N2O4. The maximum Gasteiger partial charge on any atom is 0.421 e. The number of carbonyl (C=O) groups excluding carboxylic acids is 2. The number of unbranched alkanes of at least 4 members (excludes halogenated alkanes) is 1. The number of benzene rings is 1. The van der Waals surface area contributed by atoms with Crippen molar-refractivity contribution in [2.24, 2.45) is 0 Å². The predicted molar refractivity (Wildman–Crippen MR) is 87.9 cm³/mol. The maximum absolute atomic E-state index is 11.8. The highest BCUT2D eigenvalue weighted by Gasteiger charge is 2.11. The summed E-state index contributed by atoms with van der Waals surface area (Å²) in [5.41, 5.74) is 5.74. The van der Waals surface area contributed by atoms with Crippen LogP contribution in [-0.4, -0.2) is 31.3 Å². The fourth-order valence-electron chi connectivity index (χ4n) is 1.83. The average Bonchev–Trinajstić information content (AvgIpc) is 2.56. The normalized spacial score (nSPS) is 11.3. The van der Waals surface area contributed by atoms with Crippen LogP contribution in [0.3, 0.4) is 0 Å². The second kappa shape index (κ2) is 11.3. The fraction of sp³-hybridized carbons (Fsp3) is 0.412. The van der Waals surface area contributed by atoms with Gasteiger partial charge in [-0.05, 0) is 38.3 Å². The third-order valence-corrected chi connectivity index (χ3v) is 3.00. The molecule has 126 valence electrons. The molecule has 0 heterocycles. The topological polar surface area (TPSA) is 76.7 Å². The lowest BCUT2D eigenvalue weighted by atomic mass is 10.1. The van der Waals surface area contributed by atoms with Gasteiger partial charge >= 0.3 is 12.1 Å². The summed E-state index contributed by atoms with van der Waals surface area (Å²) in [7, 11) is 0. The molecule has 1 rings (SSSR count). The Morgan fingerprint density at radius 3 is 2.70 bits per heavy atom. The Bertz CT molecular complexity index is 491. The maximum atomic E-state index is 11.8. The van der Waals surface area contributed by atoms with Gasteiger partial charge in [-0.1, -0.05) is 30.9 Å². The largest absolute Gasteiger partial charge is 0.459 e. The van der Waals surface area contributed by atoms with Gasteiger partial charge in [-0.15, -0.1) is 0 Å². The van der Waals surface area contributed by atoms with Crippen molar-refractivity contribution < 1.29 is 19.1 Å². The molecule has 0 radical (unpaired) electrons. The van der Waals surface area contributed by atoms with E-state index in [0.717, 1.165) is 19.3 Å². The van der Waals surface area contributed by atoms with Crippen LogP contribution in [0.1, 0.15) is 36.5 Å². The summed E-state index contributed by atoms with van der Waals surface area (Å²) < 4.78 is 10.1. The van der Waals surface area contributed by atoms with Crippen LogP contribution in [0.15, 0.2) is 43.0 Å². The molecule has 0 spiro atoms. The summed E-state index contributed by atoms with van der Waals surface area (Å²) in [6.07, 6.45) is 3.30. The highest BCUT2D eigenvalue weighted by molar-refractivity contribution is 5.89. The van der Waals surface area contributed by atoms with Crippen molar-refractivity contribution in [1.29, 1.82) is 0 Å². The van der Waals surface area contributed by atoms with Gasteiger partial charge in [-0.2, -0.15) is 0 Å². The molecule has 23 heavy (non-hydrogen) atoms. The van der Waals surface area contributed by atoms with Crippen LogP contribution in [0, 0.1) is 0 Å². The molecule has 0 unspecified atom stereocenters. The molecule has 1 aromatic rings. The molecule has 1 aromatic carbocycles. The van der Waals surface area contributed by atoms with Crippen molar-refractivity contribution in [3.8, 4) is 0 Å². The van der Waals surface area contributed by atoms with Crippen molar-refractivity contribution >= 4 is 12.1 Å². The quantitative estimate of drug-likeness (QED) is 0.300. The minimum absolute atomic E-state index is 0.145. The molecule has 0 saturated heterocycles. The van der Waals surface area contributed by atoms with E-state index in [1.807, 2.05) is 13.0 Å². The molecule has 1 atom stereocenters. The molecule has 6 nitrogen and oxygen atoms in total. The van der Waals surface area contributed by atoms with E-state index in [-0.39, 0.29) is 18.7 Å². The number of hydrogen-bond donors (Lipinski definition) is 2. The summed E-state index contributed by atoms with van der Waals surface area (Å²) in [6, 6.07) is 8.93. The minimum Gasteiger partial charge on any atom is -0.459 e. The van der Waals surface area contributed by atoms with Crippen LogP contribution < -0.4 is 10.9 Å². The number of nitrogens with one attached hydrogen (secondary N) is 2. The van der Waals surface area contributed by atoms with E-state index in [4.69, 9.17) is 9.47 Å². The van der Waals surface area contributed by atoms with Crippen LogP contribution in [0.4, 0.5) is 4.79 Å². The zero-order chi connectivity index (χ0) is 16.9. The number of ether oxygens (including phenoxy) is 2. The first kappa shape index (κ1) is 18.7. The Morgan fingerprint density at radius 2 is 2.00 bits per heavy atom. The lowest BCUT2D eigenvalue weighted by Crippen LogP contribution is -2.38. The summed E-state index contributed by atoms with van der Waals surface area (Å²) in [4.78, 5) is 22.9. The zero-order valence-corrected chi connectivity index (χ0v) is 13.4. The highest BCUT2D eigenvalue weighted by Crippen LogP contribution is 2.08. The van der Waals surface area contributed by atoms with Crippen molar-refractivity contribution in [3.63, 3.8) is 0 Å². The SMILES string of the molecule is C=CCOC(=O)NNCCCC[C@H](C)OC(=O)c1ccccc1. The second-order valence-corrected chi connectivity index (χ2v) is 5.02. The molecule has 1 amide bonds. The van der Waals surface area contributed by atoms with Crippen LogP contribution in [0.25, 0.3) is 0 Å². The van der Waals surface area contributed by atoms with Gasteiger partial charge in [0.25, 0.3) is 0 Å². The molecule has 0 aliphatic carbocycles. The fourth-order valence-corrected chi connectivity index (χ4v) is 1.83. The van der Waals surface area contributed by atoms with Gasteiger partial charge in [0.05, 0.1) is 11.7 Å². The summed E-state index contributed by atoms with van der Waals surface area (Å²) >= 11 is 0. The summed E-state index contributed by atoms with van der Waals surface area (Å²) in [5, 5.41) is 0. The average molecular weight is 320 g/mol. The van der Waals surface area contributed by atoms with E-state index in [9.17, 15) is 9.59 Å². The van der Waals surface area contributed by atoms with Gasteiger partial charge in [0.1, 0.15) is 6.61 Å². The number of esters is 1. The Morgan fingerprint density at radius 1 is 1.26 bits per heavy atom. The minimum atomic E-state index is -0.532. The number of carbonyl (C=O) groups is 2. The Balaban J connectivity index is 2.06. The molecule has 0 saturated carbocycles. The number of hydrazine groups is 1. The molecule has 0 bridgehead atoms. The molecule has 0 aliphatic heterocycles. The van der Waals surface area contributed by atoms with Crippen molar-refractivity contribution in [2.75, 3.05) is 13.2 Å². The third kappa shape index (κ3) is 8.63. The van der Waals surface area contributed by atoms with E-state index >= 15 is 0 Å². The smallest absolute Gasteiger partial charge is 0.421 e. The van der Waals surface area contributed by atoms with Crippen molar-refractivity contribution in [1.82, 2.24) is 10.9 Å². The molecular weight excluding hydrogens is 296 g/mol. The van der Waals surface area contributed by atoms with E-state index in [2.05, 4.69) is 17.4 Å². The van der Waals surface area contributed by atoms with Crippen LogP contribution in [0.5, 0.6) is 0 Å². The summed E-state index contributed by atoms with van der Waals surface area (Å²) in [5.74, 6) is -0.303. The standard InChI is InChI=1S/C17H24N2O4/c1-3-13-22-17(21)19-18-12-8-7-9-14(2)23-16(20)15-10-5-4-6-11-15/h3-6,10-11,14,18H,1,7-9,12-13H2,2H3,(H,19,21)/t14-/m0/s1. The monoisotopic (exact) mass is 320 g/mol. The lowest BCUT2D eigenvalue weighted by Gasteiger charge is -2.13. The molecule has 2 N–H and O–H groups in total. The Labute approximate surface area is 136 Å². The van der Waals surface area contributed by atoms with Gasteiger partial charge in [0.15, 0.2) is 0 Å². The van der Waals surface area contributed by atoms with Crippen molar-refractivity contribution in [3.05, 3.63) is 48.6 Å². The van der Waals surface area contributed by atoms with Crippen LogP contribution in [0.2, 0.25) is 0 Å². The highest BCUT2D eigenvalue weighted by atomic mass is 16.6. The van der Waals surface area contributed by atoms with Gasteiger partial charge in [-0.3, -0.25) is 5.43 Å². The van der Waals surface area contributed by atoms with Gasteiger partial charge in [0, 0.05) is 6.54 Å². The first-order valence-electron chi connectivity index (χ1n) is 7.66. The second-order valence-electron chi connectivity index (χ2n) is 5.02. The number of rotatable bonds is 10. The Hall–Kier alpha value is -2.34. The predicted octanol–water partition coefficient (Wildman–Crippen LogP) is 2.82. The molecule has 0 aliphatic rings. The zero-order valence-electron chi connectivity index (χ0n) is 13.4. The van der Waals surface area contributed by atoms with Gasteiger partial charge < -0.3 is 9.47 Å². The van der Waals surface area contributed by atoms with E-state index in [0.29, 0.717) is 12.1 Å². The van der Waals surface area contributed by atoms with Crippen LogP contribution >= 0.6 is 0 Å². The Kier molecular flexibility index (Phi) is 9.16. The van der Waals surface area contributed by atoms with Gasteiger partial charge in [-0.25, -0.2) is 15.0 Å². The first-order valence-corrected chi connectivity index (χ1v) is 7.66. The van der Waals surface area contributed by atoms with E-state index < -0.39 is 6.09 Å². The molecule has 0 aromatic heterocycles. The summed E-state index contributed by atoms with van der Waals surface area (Å²) in [6.45, 7) is 6.11. The van der Waals surface area contributed by atoms with E-state index in [1.54, 1.807) is 24.3 Å². The first-order chi connectivity index (χ1) is 11.1. The molecule has 6 heteroatoms. The molecule has 0 fully saturated rings. The van der Waals surface area contributed by atoms with Crippen LogP contribution in [-0.2, 0) is 9.47 Å². The third-order valence-electron chi connectivity index (χ3n) is 3.00. The van der Waals surface area contributed by atoms with Crippen molar-refractivity contribution in [2.45, 2.75) is 32.3 Å². The van der Waals surface area contributed by atoms with E-state index in [1.165, 1.54) is 6.08 Å². The lowest BCUT2D eigenvalue weighted by molar-refractivity contribution is 0.0319. The number of hydrogen-bond acceptors (Lipinski definition) is 5. The van der Waals surface area contributed by atoms with Gasteiger partial charge in [0.2, 0.25) is 0 Å². The number of amides is 1.